The van der Waals surface area contributed by atoms with Crippen molar-refractivity contribution in [1.82, 2.24) is 15.6 Å². The second-order valence-electron chi connectivity index (χ2n) is 4.43. The van der Waals surface area contributed by atoms with Crippen LogP contribution >= 0.6 is 35.3 Å². The Morgan fingerprint density at radius 3 is 2.78 bits per heavy atom. The molecule has 0 amide bonds. The summed E-state index contributed by atoms with van der Waals surface area (Å²) in [6, 6.07) is 0.597. The summed E-state index contributed by atoms with van der Waals surface area (Å²) in [5.74, 6) is 0.893. The van der Waals surface area contributed by atoms with Gasteiger partial charge in [0, 0.05) is 24.2 Å². The first kappa shape index (κ1) is 15.7. The maximum absolute atomic E-state index is 4.42. The van der Waals surface area contributed by atoms with Gasteiger partial charge in [0.2, 0.25) is 0 Å². The fourth-order valence-electron chi connectivity index (χ4n) is 2.10. The van der Waals surface area contributed by atoms with Crippen LogP contribution in [0, 0.1) is 6.92 Å². The summed E-state index contributed by atoms with van der Waals surface area (Å²) < 4.78 is 0. The number of hydrogen-bond acceptors (Lipinski definition) is 3. The standard InChI is InChI=1S/C12H20N4S.HI/c1-9-8-17-11(15-9)7-14-12(13-2)16-10-5-3-4-6-10;/h8,10H,3-7H2,1-2H3,(H2,13,14,16);1H. The molecule has 0 radical (unpaired) electrons. The molecule has 1 fully saturated rings. The molecule has 1 aromatic heterocycles. The van der Waals surface area contributed by atoms with Crippen LogP contribution in [0.25, 0.3) is 0 Å². The first-order valence-corrected chi connectivity index (χ1v) is 7.04. The molecule has 4 nitrogen and oxygen atoms in total. The average Bonchev–Trinajstić information content (AvgIpc) is 2.96. The number of nitrogens with zero attached hydrogens (tertiary/aromatic N) is 2. The molecule has 2 N–H and O–H groups in total. The number of aromatic nitrogens is 1. The number of nitrogens with one attached hydrogen (secondary N) is 2. The first-order valence-electron chi connectivity index (χ1n) is 6.16. The van der Waals surface area contributed by atoms with Gasteiger partial charge in [-0.15, -0.1) is 35.3 Å². The fourth-order valence-corrected chi connectivity index (χ4v) is 2.81. The minimum absolute atomic E-state index is 0. The highest BCUT2D eigenvalue weighted by Gasteiger charge is 2.15. The van der Waals surface area contributed by atoms with Crippen molar-refractivity contribution in [2.45, 2.75) is 45.2 Å². The number of aryl methyl sites for hydroxylation is 1. The normalized spacial score (nSPS) is 16.4. The minimum Gasteiger partial charge on any atom is -0.354 e. The van der Waals surface area contributed by atoms with Gasteiger partial charge in [-0.05, 0) is 19.8 Å². The van der Waals surface area contributed by atoms with E-state index in [1.54, 1.807) is 11.3 Å². The Morgan fingerprint density at radius 2 is 2.22 bits per heavy atom. The van der Waals surface area contributed by atoms with Crippen molar-refractivity contribution < 1.29 is 0 Å². The van der Waals surface area contributed by atoms with E-state index in [0.29, 0.717) is 6.04 Å². The van der Waals surface area contributed by atoms with Gasteiger partial charge in [0.25, 0.3) is 0 Å². The van der Waals surface area contributed by atoms with E-state index in [0.717, 1.165) is 23.2 Å². The largest absolute Gasteiger partial charge is 0.354 e. The van der Waals surface area contributed by atoms with Gasteiger partial charge < -0.3 is 10.6 Å². The van der Waals surface area contributed by atoms with Crippen molar-refractivity contribution in [2.24, 2.45) is 4.99 Å². The molecule has 0 aromatic carbocycles. The van der Waals surface area contributed by atoms with Crippen LogP contribution in [-0.4, -0.2) is 24.0 Å². The van der Waals surface area contributed by atoms with Gasteiger partial charge in [-0.1, -0.05) is 12.8 Å². The molecule has 0 aliphatic heterocycles. The Balaban J connectivity index is 0.00000162. The second kappa shape index (κ2) is 7.93. The van der Waals surface area contributed by atoms with Crippen LogP contribution in [0.4, 0.5) is 0 Å². The second-order valence-corrected chi connectivity index (χ2v) is 5.38. The molecule has 0 unspecified atom stereocenters. The predicted molar refractivity (Wildman–Crippen MR) is 87.9 cm³/mol. The third-order valence-corrected chi connectivity index (χ3v) is 3.96. The van der Waals surface area contributed by atoms with Gasteiger partial charge in [0.15, 0.2) is 5.96 Å². The topological polar surface area (TPSA) is 49.3 Å². The zero-order valence-corrected chi connectivity index (χ0v) is 14.0. The quantitative estimate of drug-likeness (QED) is 0.482. The molecule has 0 saturated heterocycles. The zero-order valence-electron chi connectivity index (χ0n) is 10.9. The van der Waals surface area contributed by atoms with Crippen LogP contribution in [0.1, 0.15) is 36.4 Å². The van der Waals surface area contributed by atoms with Crippen LogP contribution < -0.4 is 10.6 Å². The van der Waals surface area contributed by atoms with Gasteiger partial charge in [0.05, 0.1) is 6.54 Å². The first-order chi connectivity index (χ1) is 8.28. The van der Waals surface area contributed by atoms with Gasteiger partial charge in [-0.2, -0.15) is 0 Å². The third kappa shape index (κ3) is 4.72. The summed E-state index contributed by atoms with van der Waals surface area (Å²) >= 11 is 1.69. The summed E-state index contributed by atoms with van der Waals surface area (Å²) in [7, 11) is 1.82. The number of aliphatic imine (C=N–C) groups is 1. The summed E-state index contributed by atoms with van der Waals surface area (Å²) in [5, 5.41) is 9.95. The van der Waals surface area contributed by atoms with Crippen LogP contribution in [0.2, 0.25) is 0 Å². The molecular formula is C12H21IN4S. The number of thiazole rings is 1. The SMILES string of the molecule is CN=C(NCc1nc(C)cs1)NC1CCCC1.I. The van der Waals surface area contributed by atoms with E-state index in [4.69, 9.17) is 0 Å². The van der Waals surface area contributed by atoms with E-state index in [2.05, 4.69) is 26.0 Å². The maximum atomic E-state index is 4.42. The highest BCUT2D eigenvalue weighted by atomic mass is 127. The smallest absolute Gasteiger partial charge is 0.191 e. The lowest BCUT2D eigenvalue weighted by Crippen LogP contribution is -2.41. The molecule has 2 rings (SSSR count). The molecule has 1 aliphatic carbocycles. The maximum Gasteiger partial charge on any atom is 0.191 e. The Labute approximate surface area is 130 Å². The highest BCUT2D eigenvalue weighted by Crippen LogP contribution is 2.17. The van der Waals surface area contributed by atoms with Crippen LogP contribution in [0.15, 0.2) is 10.4 Å². The van der Waals surface area contributed by atoms with E-state index in [-0.39, 0.29) is 24.0 Å². The Bertz CT molecular complexity index is 385. The highest BCUT2D eigenvalue weighted by molar-refractivity contribution is 14.0. The van der Waals surface area contributed by atoms with E-state index < -0.39 is 0 Å². The third-order valence-electron chi connectivity index (χ3n) is 2.99. The van der Waals surface area contributed by atoms with Gasteiger partial charge in [0.1, 0.15) is 5.01 Å². The minimum atomic E-state index is 0. The molecule has 6 heteroatoms. The van der Waals surface area contributed by atoms with Crippen molar-refractivity contribution >= 4 is 41.3 Å². The number of guanidine groups is 1. The Hall–Kier alpha value is -0.370. The zero-order chi connectivity index (χ0) is 12.1. The monoisotopic (exact) mass is 380 g/mol. The van der Waals surface area contributed by atoms with Crippen LogP contribution in [-0.2, 0) is 6.54 Å². The summed E-state index contributed by atoms with van der Waals surface area (Å²) in [6.07, 6.45) is 5.19. The van der Waals surface area contributed by atoms with Gasteiger partial charge >= 0.3 is 0 Å². The molecule has 102 valence electrons. The lowest BCUT2D eigenvalue weighted by molar-refractivity contribution is 0.613. The molecule has 1 heterocycles. The van der Waals surface area contributed by atoms with Gasteiger partial charge in [-0.3, -0.25) is 4.99 Å². The molecule has 1 aliphatic rings. The Morgan fingerprint density at radius 1 is 1.50 bits per heavy atom. The van der Waals surface area contributed by atoms with Crippen LogP contribution in [0.3, 0.4) is 0 Å². The molecule has 0 atom stereocenters. The summed E-state index contributed by atoms with van der Waals surface area (Å²) in [6.45, 7) is 2.77. The van der Waals surface area contributed by atoms with E-state index >= 15 is 0 Å². The van der Waals surface area contributed by atoms with Gasteiger partial charge in [-0.25, -0.2) is 4.98 Å². The van der Waals surface area contributed by atoms with E-state index in [1.807, 2.05) is 14.0 Å². The van der Waals surface area contributed by atoms with E-state index in [1.165, 1.54) is 25.7 Å². The number of hydrogen-bond donors (Lipinski definition) is 2. The number of halogens is 1. The lowest BCUT2D eigenvalue weighted by Gasteiger charge is -2.16. The Kier molecular flexibility index (Phi) is 6.91. The summed E-state index contributed by atoms with van der Waals surface area (Å²) in [5.41, 5.74) is 1.09. The van der Waals surface area contributed by atoms with E-state index in [9.17, 15) is 0 Å². The summed E-state index contributed by atoms with van der Waals surface area (Å²) in [4.78, 5) is 8.67. The molecule has 1 saturated carbocycles. The molecular weight excluding hydrogens is 359 g/mol. The molecule has 0 spiro atoms. The van der Waals surface area contributed by atoms with Crippen LogP contribution in [0.5, 0.6) is 0 Å². The van der Waals surface area contributed by atoms with Crippen molar-refractivity contribution in [3.63, 3.8) is 0 Å². The van der Waals surface area contributed by atoms with Crippen molar-refractivity contribution in [3.05, 3.63) is 16.1 Å². The predicted octanol–water partition coefficient (Wildman–Crippen LogP) is 2.68. The number of rotatable bonds is 3. The average molecular weight is 380 g/mol. The van der Waals surface area contributed by atoms with Crippen molar-refractivity contribution in [3.8, 4) is 0 Å². The molecule has 1 aromatic rings. The van der Waals surface area contributed by atoms with Crippen molar-refractivity contribution in [2.75, 3.05) is 7.05 Å². The molecule has 18 heavy (non-hydrogen) atoms. The lowest BCUT2D eigenvalue weighted by atomic mass is 10.2. The molecule has 0 bridgehead atoms. The fraction of sp³-hybridized carbons (Fsp3) is 0.667. The van der Waals surface area contributed by atoms with Crippen molar-refractivity contribution in [1.29, 1.82) is 0 Å².